The Morgan fingerprint density at radius 2 is 2.00 bits per heavy atom. The van der Waals surface area contributed by atoms with Crippen LogP contribution < -0.4 is 5.32 Å². The van der Waals surface area contributed by atoms with Crippen molar-refractivity contribution in [3.63, 3.8) is 0 Å². The molecule has 104 valence electrons. The molecule has 4 rings (SSSR count). The van der Waals surface area contributed by atoms with Crippen LogP contribution in [0.2, 0.25) is 0 Å². The largest absolute Gasteiger partial charge is 0.481 e. The zero-order chi connectivity index (χ0) is 13.6. The van der Waals surface area contributed by atoms with Crippen molar-refractivity contribution in [2.24, 2.45) is 29.1 Å². The Morgan fingerprint density at radius 3 is 2.47 bits per heavy atom. The van der Waals surface area contributed by atoms with E-state index in [-0.39, 0.29) is 30.2 Å². The highest BCUT2D eigenvalue weighted by Crippen LogP contribution is 2.68. The van der Waals surface area contributed by atoms with Crippen LogP contribution in [0.4, 0.5) is 8.78 Å². The highest BCUT2D eigenvalue weighted by molar-refractivity contribution is 5.85. The Bertz CT molecular complexity index is 494. The van der Waals surface area contributed by atoms with E-state index in [0.717, 1.165) is 0 Å². The second kappa shape index (κ2) is 3.10. The molecule has 0 aliphatic heterocycles. The number of aliphatic carboxylic acids is 1. The first kappa shape index (κ1) is 11.6. The summed E-state index contributed by atoms with van der Waals surface area (Å²) in [4.78, 5) is 22.9. The number of carbonyl (C=O) groups excluding carboxylic acids is 1. The summed E-state index contributed by atoms with van der Waals surface area (Å²) in [5.74, 6) is -5.20. The lowest BCUT2D eigenvalue weighted by Gasteiger charge is -2.32. The molecule has 0 saturated heterocycles. The molecule has 6 atom stereocenters. The molecule has 4 aliphatic rings. The number of amides is 1. The van der Waals surface area contributed by atoms with Gasteiger partial charge in [0.05, 0.1) is 11.3 Å². The number of halogens is 2. The molecule has 4 fully saturated rings. The predicted molar refractivity (Wildman–Crippen MR) is 59.4 cm³/mol. The van der Waals surface area contributed by atoms with Crippen LogP contribution in [0.25, 0.3) is 0 Å². The van der Waals surface area contributed by atoms with Crippen molar-refractivity contribution in [1.29, 1.82) is 0 Å². The van der Waals surface area contributed by atoms with Gasteiger partial charge in [-0.05, 0) is 31.1 Å². The van der Waals surface area contributed by atoms with E-state index in [1.807, 2.05) is 0 Å². The number of carbonyl (C=O) groups is 2. The van der Waals surface area contributed by atoms with E-state index in [1.165, 1.54) is 0 Å². The van der Waals surface area contributed by atoms with Gasteiger partial charge < -0.3 is 10.4 Å². The van der Waals surface area contributed by atoms with Crippen LogP contribution in [0.1, 0.15) is 25.7 Å². The zero-order valence-electron chi connectivity index (χ0n) is 10.2. The van der Waals surface area contributed by atoms with Crippen molar-refractivity contribution in [3.05, 3.63) is 0 Å². The Kier molecular flexibility index (Phi) is 1.89. The molecule has 0 aromatic rings. The van der Waals surface area contributed by atoms with Crippen LogP contribution in [0, 0.1) is 29.1 Å². The average molecular weight is 271 g/mol. The van der Waals surface area contributed by atoms with Crippen molar-refractivity contribution in [2.75, 3.05) is 0 Å². The van der Waals surface area contributed by atoms with Crippen LogP contribution in [0.5, 0.6) is 0 Å². The Balaban J connectivity index is 1.35. The van der Waals surface area contributed by atoms with E-state index >= 15 is 0 Å². The quantitative estimate of drug-likeness (QED) is 0.812. The lowest BCUT2D eigenvalue weighted by Crippen LogP contribution is -2.49. The molecular formula is C13H15F2NO3. The van der Waals surface area contributed by atoms with E-state index in [0.29, 0.717) is 19.3 Å². The first-order chi connectivity index (χ1) is 8.87. The fraction of sp³-hybridized carbons (Fsp3) is 0.846. The molecule has 4 aliphatic carbocycles. The Hall–Kier alpha value is -1.20. The summed E-state index contributed by atoms with van der Waals surface area (Å²) in [6.07, 6.45) is 1.40. The molecule has 6 heteroatoms. The van der Waals surface area contributed by atoms with Gasteiger partial charge in [-0.1, -0.05) is 0 Å². The third-order valence-corrected chi connectivity index (χ3v) is 5.73. The van der Waals surface area contributed by atoms with E-state index < -0.39 is 29.1 Å². The minimum Gasteiger partial charge on any atom is -0.481 e. The first-order valence-corrected chi connectivity index (χ1v) is 6.78. The van der Waals surface area contributed by atoms with E-state index in [9.17, 15) is 18.4 Å². The molecular weight excluding hydrogens is 256 g/mol. The maximum absolute atomic E-state index is 13.4. The van der Waals surface area contributed by atoms with E-state index in [4.69, 9.17) is 5.11 Å². The Morgan fingerprint density at radius 1 is 1.26 bits per heavy atom. The molecule has 19 heavy (non-hydrogen) atoms. The molecule has 0 unspecified atom stereocenters. The van der Waals surface area contributed by atoms with Crippen molar-refractivity contribution in [2.45, 2.75) is 37.6 Å². The summed E-state index contributed by atoms with van der Waals surface area (Å²) in [5.41, 5.74) is -0.610. The minimum absolute atomic E-state index is 0.0213. The van der Waals surface area contributed by atoms with Gasteiger partial charge in [0.1, 0.15) is 0 Å². The second-order valence-corrected chi connectivity index (χ2v) is 6.61. The smallest absolute Gasteiger partial charge is 0.310 e. The number of carboxylic acid groups (broad SMARTS) is 1. The van der Waals surface area contributed by atoms with Crippen LogP contribution >= 0.6 is 0 Å². The van der Waals surface area contributed by atoms with Gasteiger partial charge in [-0.3, -0.25) is 9.59 Å². The van der Waals surface area contributed by atoms with Crippen LogP contribution in [0.15, 0.2) is 0 Å². The first-order valence-electron chi connectivity index (χ1n) is 6.78. The molecule has 1 amide bonds. The van der Waals surface area contributed by atoms with Gasteiger partial charge in [-0.25, -0.2) is 8.78 Å². The fourth-order valence-corrected chi connectivity index (χ4v) is 4.43. The topological polar surface area (TPSA) is 66.4 Å². The molecule has 4 nitrogen and oxygen atoms in total. The van der Waals surface area contributed by atoms with Gasteiger partial charge in [0, 0.05) is 18.4 Å². The molecule has 0 radical (unpaired) electrons. The predicted octanol–water partition coefficient (Wildman–Crippen LogP) is 1.26. The van der Waals surface area contributed by atoms with Crippen molar-refractivity contribution in [1.82, 2.24) is 5.32 Å². The number of rotatable bonds is 3. The maximum Gasteiger partial charge on any atom is 0.310 e. The molecule has 0 aromatic heterocycles. The lowest BCUT2D eigenvalue weighted by molar-refractivity contribution is -0.148. The van der Waals surface area contributed by atoms with Gasteiger partial charge in [-0.15, -0.1) is 0 Å². The van der Waals surface area contributed by atoms with Crippen LogP contribution in [0.3, 0.4) is 0 Å². The molecule has 0 aromatic carbocycles. The highest BCUT2D eigenvalue weighted by Gasteiger charge is 2.74. The fourth-order valence-electron chi connectivity index (χ4n) is 4.43. The SMILES string of the molecule is O=C(N[C@@H]1C[C@@]2(C(=O)O)C[C@@H]12)[C@@H]1[C@@H]2CCC(F)(F)[C@@H]21. The van der Waals surface area contributed by atoms with Gasteiger partial charge in [0.25, 0.3) is 5.92 Å². The maximum atomic E-state index is 13.4. The number of fused-ring (bicyclic) bond motifs is 2. The second-order valence-electron chi connectivity index (χ2n) is 6.61. The number of hydrogen-bond donors (Lipinski definition) is 2. The third kappa shape index (κ3) is 1.32. The number of hydrogen-bond acceptors (Lipinski definition) is 2. The van der Waals surface area contributed by atoms with Crippen molar-refractivity contribution < 1.29 is 23.5 Å². The third-order valence-electron chi connectivity index (χ3n) is 5.73. The summed E-state index contributed by atoms with van der Waals surface area (Å²) in [6.45, 7) is 0. The number of carboxylic acids is 1. The minimum atomic E-state index is -2.68. The molecule has 0 spiro atoms. The van der Waals surface area contributed by atoms with Crippen LogP contribution in [-0.4, -0.2) is 28.9 Å². The number of nitrogens with one attached hydrogen (secondary N) is 1. The monoisotopic (exact) mass is 271 g/mol. The standard InChI is InChI=1S/C13H15F2NO3/c14-13(15)2-1-5-8(9(5)13)10(17)16-7-4-12(11(18)19)3-6(7)12/h5-9H,1-4H2,(H,16,17)(H,18,19)/t5-,6-,7+,8+,9-,12-/m0/s1. The van der Waals surface area contributed by atoms with Crippen molar-refractivity contribution >= 4 is 11.9 Å². The molecule has 0 bridgehead atoms. The van der Waals surface area contributed by atoms with E-state index in [1.54, 1.807) is 0 Å². The summed E-state index contributed by atoms with van der Waals surface area (Å²) in [5, 5.41) is 11.8. The highest BCUT2D eigenvalue weighted by atomic mass is 19.3. The lowest BCUT2D eigenvalue weighted by atomic mass is 9.80. The van der Waals surface area contributed by atoms with Gasteiger partial charge in [0.2, 0.25) is 5.91 Å². The zero-order valence-corrected chi connectivity index (χ0v) is 10.2. The Labute approximate surface area is 108 Å². The summed E-state index contributed by atoms with van der Waals surface area (Å²) < 4.78 is 26.8. The van der Waals surface area contributed by atoms with Gasteiger partial charge >= 0.3 is 5.97 Å². The molecule has 2 N–H and O–H groups in total. The van der Waals surface area contributed by atoms with Gasteiger partial charge in [-0.2, -0.15) is 0 Å². The summed E-state index contributed by atoms with van der Waals surface area (Å²) in [7, 11) is 0. The summed E-state index contributed by atoms with van der Waals surface area (Å²) >= 11 is 0. The van der Waals surface area contributed by atoms with E-state index in [2.05, 4.69) is 5.32 Å². The number of alkyl halides is 2. The molecule has 4 saturated carbocycles. The van der Waals surface area contributed by atoms with Crippen molar-refractivity contribution in [3.8, 4) is 0 Å². The molecule has 0 heterocycles. The summed E-state index contributed by atoms with van der Waals surface area (Å²) in [6, 6.07) is -0.112. The van der Waals surface area contributed by atoms with Gasteiger partial charge in [0.15, 0.2) is 0 Å². The normalized spacial score (nSPS) is 51.6. The average Bonchev–Trinajstić information content (AvgIpc) is 3.13. The van der Waals surface area contributed by atoms with Crippen LogP contribution in [-0.2, 0) is 9.59 Å².